The summed E-state index contributed by atoms with van der Waals surface area (Å²) >= 11 is 4.33. The predicted octanol–water partition coefficient (Wildman–Crippen LogP) is 4.14. The van der Waals surface area contributed by atoms with Crippen LogP contribution in [0.2, 0.25) is 0 Å². The molecule has 0 N–H and O–H groups in total. The molecule has 16 heavy (non-hydrogen) atoms. The molecule has 0 aliphatic carbocycles. The molecule has 0 atom stereocenters. The number of hydrogen-bond donors (Lipinski definition) is 1. The topological polar surface area (TPSA) is 9.23 Å². The van der Waals surface area contributed by atoms with Gasteiger partial charge in [-0.2, -0.15) is 12.6 Å². The molecule has 0 saturated heterocycles. The van der Waals surface area contributed by atoms with Crippen molar-refractivity contribution < 1.29 is 4.74 Å². The fourth-order valence-corrected chi connectivity index (χ4v) is 1.50. The first kappa shape index (κ1) is 13.4. The van der Waals surface area contributed by atoms with Gasteiger partial charge in [0.25, 0.3) is 0 Å². The van der Waals surface area contributed by atoms with E-state index in [-0.39, 0.29) is 5.41 Å². The standard InChI is InChI=1S/C14H22OS/c1-11(2)12-7-5-6-8-13(12)15-9-14(3,4)10-16/h5-8,11,16H,9-10H2,1-4H3. The van der Waals surface area contributed by atoms with Crippen molar-refractivity contribution in [3.05, 3.63) is 29.8 Å². The molecule has 1 rings (SSSR count). The number of benzene rings is 1. The first-order chi connectivity index (χ1) is 7.46. The van der Waals surface area contributed by atoms with Gasteiger partial charge in [0.15, 0.2) is 0 Å². The van der Waals surface area contributed by atoms with Crippen LogP contribution in [0, 0.1) is 5.41 Å². The third-order valence-electron chi connectivity index (χ3n) is 2.59. The second kappa shape index (κ2) is 5.62. The molecule has 90 valence electrons. The first-order valence-electron chi connectivity index (χ1n) is 5.79. The molecule has 1 aromatic carbocycles. The lowest BCUT2D eigenvalue weighted by molar-refractivity contribution is 0.200. The van der Waals surface area contributed by atoms with E-state index < -0.39 is 0 Å². The van der Waals surface area contributed by atoms with Crippen molar-refractivity contribution in [2.45, 2.75) is 33.6 Å². The van der Waals surface area contributed by atoms with E-state index >= 15 is 0 Å². The lowest BCUT2D eigenvalue weighted by atomic mass is 9.97. The summed E-state index contributed by atoms with van der Waals surface area (Å²) in [5.74, 6) is 2.33. The second-order valence-corrected chi connectivity index (χ2v) is 5.62. The van der Waals surface area contributed by atoms with E-state index in [0.29, 0.717) is 12.5 Å². The van der Waals surface area contributed by atoms with Gasteiger partial charge in [-0.05, 0) is 23.3 Å². The highest BCUT2D eigenvalue weighted by atomic mass is 32.1. The van der Waals surface area contributed by atoms with Crippen LogP contribution in [0.3, 0.4) is 0 Å². The summed E-state index contributed by atoms with van der Waals surface area (Å²) in [5.41, 5.74) is 1.39. The fraction of sp³-hybridized carbons (Fsp3) is 0.571. The van der Waals surface area contributed by atoms with Gasteiger partial charge in [-0.15, -0.1) is 0 Å². The molecule has 1 nitrogen and oxygen atoms in total. The average molecular weight is 238 g/mol. The molecule has 0 fully saturated rings. The van der Waals surface area contributed by atoms with E-state index in [1.165, 1.54) is 5.56 Å². The van der Waals surface area contributed by atoms with Gasteiger partial charge in [-0.3, -0.25) is 0 Å². The Kier molecular flexibility index (Phi) is 4.72. The Bertz CT molecular complexity index is 331. The Morgan fingerprint density at radius 1 is 1.25 bits per heavy atom. The summed E-state index contributed by atoms with van der Waals surface area (Å²) < 4.78 is 5.91. The van der Waals surface area contributed by atoms with Crippen molar-refractivity contribution in [1.82, 2.24) is 0 Å². The van der Waals surface area contributed by atoms with Gasteiger partial charge in [0.05, 0.1) is 6.61 Å². The highest BCUT2D eigenvalue weighted by molar-refractivity contribution is 7.80. The highest BCUT2D eigenvalue weighted by Crippen LogP contribution is 2.27. The fourth-order valence-electron chi connectivity index (χ4n) is 1.41. The van der Waals surface area contributed by atoms with E-state index in [0.717, 1.165) is 11.5 Å². The molecule has 0 saturated carbocycles. The lowest BCUT2D eigenvalue weighted by Crippen LogP contribution is -2.23. The van der Waals surface area contributed by atoms with E-state index in [2.05, 4.69) is 52.5 Å². The number of ether oxygens (including phenoxy) is 1. The third kappa shape index (κ3) is 3.75. The lowest BCUT2D eigenvalue weighted by Gasteiger charge is -2.23. The smallest absolute Gasteiger partial charge is 0.122 e. The van der Waals surface area contributed by atoms with E-state index in [4.69, 9.17) is 4.74 Å². The van der Waals surface area contributed by atoms with Gasteiger partial charge in [0, 0.05) is 5.41 Å². The quantitative estimate of drug-likeness (QED) is 0.758. The molecule has 0 aliphatic heterocycles. The van der Waals surface area contributed by atoms with Gasteiger partial charge in [0.2, 0.25) is 0 Å². The average Bonchev–Trinajstić information content (AvgIpc) is 2.27. The van der Waals surface area contributed by atoms with Gasteiger partial charge in [-0.1, -0.05) is 45.9 Å². The minimum absolute atomic E-state index is 0.118. The summed E-state index contributed by atoms with van der Waals surface area (Å²) in [4.78, 5) is 0. The van der Waals surface area contributed by atoms with Gasteiger partial charge in [0.1, 0.15) is 5.75 Å². The molecule has 0 aromatic heterocycles. The van der Waals surface area contributed by atoms with Crippen molar-refractivity contribution in [3.8, 4) is 5.75 Å². The molecule has 1 aromatic rings. The SMILES string of the molecule is CC(C)c1ccccc1OCC(C)(C)CS. The Morgan fingerprint density at radius 2 is 1.88 bits per heavy atom. The maximum Gasteiger partial charge on any atom is 0.122 e. The van der Waals surface area contributed by atoms with Crippen molar-refractivity contribution in [1.29, 1.82) is 0 Å². The molecular formula is C14H22OS. The van der Waals surface area contributed by atoms with Crippen LogP contribution in [0.15, 0.2) is 24.3 Å². The van der Waals surface area contributed by atoms with Crippen LogP contribution in [-0.4, -0.2) is 12.4 Å². The number of para-hydroxylation sites is 1. The molecular weight excluding hydrogens is 216 g/mol. The summed E-state index contributed by atoms with van der Waals surface area (Å²) in [7, 11) is 0. The second-order valence-electron chi connectivity index (χ2n) is 5.30. The molecule has 0 amide bonds. The zero-order valence-corrected chi connectivity index (χ0v) is 11.6. The van der Waals surface area contributed by atoms with Crippen LogP contribution < -0.4 is 4.74 Å². The van der Waals surface area contributed by atoms with Crippen LogP contribution in [-0.2, 0) is 0 Å². The molecule has 0 bridgehead atoms. The molecule has 0 heterocycles. The zero-order valence-electron chi connectivity index (χ0n) is 10.7. The summed E-state index contributed by atoms with van der Waals surface area (Å²) in [6, 6.07) is 8.26. The van der Waals surface area contributed by atoms with Gasteiger partial charge in [-0.25, -0.2) is 0 Å². The molecule has 2 heteroatoms. The highest BCUT2D eigenvalue weighted by Gasteiger charge is 2.17. The number of thiol groups is 1. The van der Waals surface area contributed by atoms with E-state index in [1.807, 2.05) is 12.1 Å². The number of rotatable bonds is 5. The Hall–Kier alpha value is -0.630. The van der Waals surface area contributed by atoms with Crippen molar-refractivity contribution in [3.63, 3.8) is 0 Å². The normalized spacial score (nSPS) is 11.9. The summed E-state index contributed by atoms with van der Waals surface area (Å²) in [6.07, 6.45) is 0. The molecule has 0 spiro atoms. The predicted molar refractivity (Wildman–Crippen MR) is 73.7 cm³/mol. The molecule has 0 radical (unpaired) electrons. The third-order valence-corrected chi connectivity index (χ3v) is 3.44. The van der Waals surface area contributed by atoms with Crippen LogP contribution in [0.25, 0.3) is 0 Å². The Morgan fingerprint density at radius 3 is 2.44 bits per heavy atom. The summed E-state index contributed by atoms with van der Waals surface area (Å²) in [6.45, 7) is 9.41. The van der Waals surface area contributed by atoms with Crippen molar-refractivity contribution in [2.75, 3.05) is 12.4 Å². The van der Waals surface area contributed by atoms with Gasteiger partial charge < -0.3 is 4.74 Å². The molecule has 0 aliphatic rings. The van der Waals surface area contributed by atoms with Crippen LogP contribution in [0.4, 0.5) is 0 Å². The van der Waals surface area contributed by atoms with Crippen LogP contribution in [0.1, 0.15) is 39.2 Å². The minimum atomic E-state index is 0.118. The van der Waals surface area contributed by atoms with Gasteiger partial charge >= 0.3 is 0 Å². The van der Waals surface area contributed by atoms with Crippen LogP contribution >= 0.6 is 12.6 Å². The van der Waals surface area contributed by atoms with E-state index in [9.17, 15) is 0 Å². The Labute approximate surface area is 105 Å². The van der Waals surface area contributed by atoms with Crippen molar-refractivity contribution in [2.24, 2.45) is 5.41 Å². The number of hydrogen-bond acceptors (Lipinski definition) is 2. The van der Waals surface area contributed by atoms with E-state index in [1.54, 1.807) is 0 Å². The monoisotopic (exact) mass is 238 g/mol. The minimum Gasteiger partial charge on any atom is -0.493 e. The largest absolute Gasteiger partial charge is 0.493 e. The summed E-state index contributed by atoms with van der Waals surface area (Å²) in [5, 5.41) is 0. The maximum absolute atomic E-state index is 5.91. The Balaban J connectivity index is 2.74. The maximum atomic E-state index is 5.91. The van der Waals surface area contributed by atoms with Crippen molar-refractivity contribution >= 4 is 12.6 Å². The zero-order chi connectivity index (χ0) is 12.2. The van der Waals surface area contributed by atoms with Crippen LogP contribution in [0.5, 0.6) is 5.75 Å². The first-order valence-corrected chi connectivity index (χ1v) is 6.42. The molecule has 0 unspecified atom stereocenters.